The van der Waals surface area contributed by atoms with Crippen LogP contribution in [0.15, 0.2) is 54.7 Å². The molecule has 1 fully saturated rings. The van der Waals surface area contributed by atoms with Gasteiger partial charge in [-0.15, -0.1) is 11.3 Å². The Balaban J connectivity index is 1.21. The number of aromatic carboxylic acids is 1. The van der Waals surface area contributed by atoms with E-state index in [-0.39, 0.29) is 47.4 Å². The molecule has 4 heterocycles. The minimum absolute atomic E-state index is 0.0163. The molecule has 0 saturated carbocycles. The van der Waals surface area contributed by atoms with Crippen molar-refractivity contribution >= 4 is 28.3 Å². The maximum Gasteiger partial charge on any atom is 0.335 e. The standard InChI is InChI=1S/C34H27F2N5O4S/c1-34(2,19-37)10-8-23-16-38-32(46-23)18-45-31-5-3-4-27(40-31)24-15-25(35)21(12-26(24)36)14-30-39-28-7-6-20(33(42)43)13-29(28)41(30)17-22-9-11-44-22/h3-7,12-13,15-16,22H,9,11,14,17-18H2,1-2H3,(H,42,43)/t22-/m0/s1. The van der Waals surface area contributed by atoms with Gasteiger partial charge in [0.2, 0.25) is 5.88 Å². The number of rotatable bonds is 9. The highest BCUT2D eigenvalue weighted by Gasteiger charge is 2.24. The average molecular weight is 640 g/mol. The number of carboxylic acids is 1. The zero-order valence-electron chi connectivity index (χ0n) is 24.9. The number of thiazole rings is 1. The fraction of sp³-hybridized carbons (Fsp3) is 0.265. The highest BCUT2D eigenvalue weighted by Crippen LogP contribution is 2.29. The van der Waals surface area contributed by atoms with Crippen molar-refractivity contribution in [3.63, 3.8) is 0 Å². The Morgan fingerprint density at radius 3 is 2.76 bits per heavy atom. The molecular formula is C34H27F2N5O4S. The van der Waals surface area contributed by atoms with Crippen LogP contribution >= 0.6 is 11.3 Å². The van der Waals surface area contributed by atoms with Gasteiger partial charge in [0.1, 0.15) is 34.5 Å². The first-order valence-electron chi connectivity index (χ1n) is 14.4. The number of hydrogen-bond donors (Lipinski definition) is 1. The smallest absolute Gasteiger partial charge is 0.335 e. The second-order valence-corrected chi connectivity index (χ2v) is 12.4. The number of nitrogens with zero attached hydrogens (tertiary/aromatic N) is 5. The monoisotopic (exact) mass is 639 g/mol. The maximum absolute atomic E-state index is 15.5. The summed E-state index contributed by atoms with van der Waals surface area (Å²) in [6.45, 7) is 4.62. The number of fused-ring (bicyclic) bond motifs is 1. The second kappa shape index (κ2) is 12.7. The van der Waals surface area contributed by atoms with Crippen molar-refractivity contribution in [2.24, 2.45) is 5.41 Å². The lowest BCUT2D eigenvalue weighted by Crippen LogP contribution is -2.31. The molecule has 0 amide bonds. The van der Waals surface area contributed by atoms with Crippen molar-refractivity contribution in [2.75, 3.05) is 6.61 Å². The fourth-order valence-electron chi connectivity index (χ4n) is 4.83. The van der Waals surface area contributed by atoms with Crippen molar-refractivity contribution in [3.8, 4) is 35.0 Å². The molecule has 0 aliphatic carbocycles. The van der Waals surface area contributed by atoms with Crippen LogP contribution < -0.4 is 4.74 Å². The van der Waals surface area contributed by atoms with Crippen LogP contribution in [0.1, 0.15) is 51.9 Å². The van der Waals surface area contributed by atoms with Crippen LogP contribution in [0.25, 0.3) is 22.3 Å². The SMILES string of the molecule is CC(C)(C#N)C#Cc1cnc(COc2cccc(-c3cc(F)c(Cc4nc5ccc(C(=O)O)cc5n4C[C@@H]4CCO4)cc3F)n2)s1. The van der Waals surface area contributed by atoms with Crippen LogP contribution in [-0.2, 0) is 24.3 Å². The molecule has 5 aromatic rings. The Bertz CT molecular complexity index is 2070. The number of imidazole rings is 1. The van der Waals surface area contributed by atoms with Crippen LogP contribution in [0.3, 0.4) is 0 Å². The van der Waals surface area contributed by atoms with E-state index in [1.807, 2.05) is 4.57 Å². The van der Waals surface area contributed by atoms with Gasteiger partial charge in [0, 0.05) is 24.7 Å². The molecule has 1 aliphatic rings. The van der Waals surface area contributed by atoms with Crippen LogP contribution in [0.2, 0.25) is 0 Å². The van der Waals surface area contributed by atoms with E-state index in [0.29, 0.717) is 39.9 Å². The van der Waals surface area contributed by atoms with Gasteiger partial charge in [0.25, 0.3) is 0 Å². The van der Waals surface area contributed by atoms with E-state index in [0.717, 1.165) is 18.6 Å². The normalized spacial score (nSPS) is 14.3. The number of hydrogen-bond acceptors (Lipinski definition) is 8. The van der Waals surface area contributed by atoms with E-state index >= 15 is 8.78 Å². The number of halogens is 2. The second-order valence-electron chi connectivity index (χ2n) is 11.3. The molecule has 0 radical (unpaired) electrons. The number of ether oxygens (including phenoxy) is 2. The Kier molecular flexibility index (Phi) is 8.50. The maximum atomic E-state index is 15.5. The zero-order chi connectivity index (χ0) is 32.4. The summed E-state index contributed by atoms with van der Waals surface area (Å²) in [7, 11) is 0. The van der Waals surface area contributed by atoms with Crippen LogP contribution in [0.4, 0.5) is 8.78 Å². The molecule has 2 aromatic carbocycles. The van der Waals surface area contributed by atoms with Gasteiger partial charge in [0.05, 0.1) is 52.1 Å². The topological polar surface area (TPSA) is 123 Å². The number of pyridine rings is 1. The summed E-state index contributed by atoms with van der Waals surface area (Å²) >= 11 is 1.33. The van der Waals surface area contributed by atoms with E-state index in [4.69, 9.17) is 14.7 Å². The van der Waals surface area contributed by atoms with Crippen LogP contribution in [-0.4, -0.2) is 43.3 Å². The zero-order valence-corrected chi connectivity index (χ0v) is 25.7. The molecule has 232 valence electrons. The first-order chi connectivity index (χ1) is 22.1. The molecule has 46 heavy (non-hydrogen) atoms. The number of carboxylic acid groups (broad SMARTS) is 1. The largest absolute Gasteiger partial charge is 0.478 e. The molecule has 9 nitrogen and oxygen atoms in total. The van der Waals surface area contributed by atoms with E-state index in [9.17, 15) is 9.90 Å². The summed E-state index contributed by atoms with van der Waals surface area (Å²) in [6, 6.07) is 13.8. The van der Waals surface area contributed by atoms with Crippen molar-refractivity contribution in [3.05, 3.63) is 93.2 Å². The lowest BCUT2D eigenvalue weighted by molar-refractivity contribution is -0.0589. The molecule has 0 spiro atoms. The summed E-state index contributed by atoms with van der Waals surface area (Å²) in [5.74, 6) is 4.17. The van der Waals surface area contributed by atoms with Gasteiger partial charge in [-0.1, -0.05) is 17.9 Å². The Hall–Kier alpha value is -5.17. The molecule has 1 atom stereocenters. The number of benzene rings is 2. The molecule has 12 heteroatoms. The van der Waals surface area contributed by atoms with Crippen LogP contribution in [0.5, 0.6) is 5.88 Å². The van der Waals surface area contributed by atoms with Crippen molar-refractivity contribution < 1.29 is 28.2 Å². The number of nitriles is 1. The van der Waals surface area contributed by atoms with Gasteiger partial charge < -0.3 is 19.1 Å². The third-order valence-electron chi connectivity index (χ3n) is 7.41. The molecule has 3 aromatic heterocycles. The van der Waals surface area contributed by atoms with Gasteiger partial charge in [-0.05, 0) is 62.2 Å². The van der Waals surface area contributed by atoms with Gasteiger partial charge in [-0.25, -0.2) is 28.5 Å². The van der Waals surface area contributed by atoms with Gasteiger partial charge in [0.15, 0.2) is 0 Å². The van der Waals surface area contributed by atoms with Crippen LogP contribution in [0, 0.1) is 40.2 Å². The molecule has 0 unspecified atom stereocenters. The predicted octanol–water partition coefficient (Wildman–Crippen LogP) is 6.39. The molecule has 0 bridgehead atoms. The van der Waals surface area contributed by atoms with E-state index in [1.165, 1.54) is 23.5 Å². The van der Waals surface area contributed by atoms with Gasteiger partial charge >= 0.3 is 5.97 Å². The average Bonchev–Trinajstić information content (AvgIpc) is 3.62. The molecule has 1 aliphatic heterocycles. The van der Waals surface area contributed by atoms with E-state index in [2.05, 4.69) is 32.9 Å². The van der Waals surface area contributed by atoms with Gasteiger partial charge in [-0.2, -0.15) is 5.26 Å². The van der Waals surface area contributed by atoms with Crippen molar-refractivity contribution in [1.29, 1.82) is 5.26 Å². The van der Waals surface area contributed by atoms with E-state index in [1.54, 1.807) is 44.3 Å². The summed E-state index contributed by atoms with van der Waals surface area (Å²) in [5, 5.41) is 19.3. The summed E-state index contributed by atoms with van der Waals surface area (Å²) < 4.78 is 44.2. The van der Waals surface area contributed by atoms with E-state index < -0.39 is 23.0 Å². The predicted molar refractivity (Wildman–Crippen MR) is 166 cm³/mol. The Morgan fingerprint density at radius 2 is 2.02 bits per heavy atom. The third-order valence-corrected chi connectivity index (χ3v) is 8.30. The third kappa shape index (κ3) is 6.74. The highest BCUT2D eigenvalue weighted by molar-refractivity contribution is 7.12. The molecular weight excluding hydrogens is 612 g/mol. The summed E-state index contributed by atoms with van der Waals surface area (Å²) in [4.78, 5) is 25.6. The number of carbonyl (C=O) groups is 1. The number of aromatic nitrogens is 4. The first-order valence-corrected chi connectivity index (χ1v) is 15.2. The fourth-order valence-corrected chi connectivity index (χ4v) is 5.51. The highest BCUT2D eigenvalue weighted by atomic mass is 32.1. The Morgan fingerprint density at radius 1 is 1.20 bits per heavy atom. The van der Waals surface area contributed by atoms with Crippen molar-refractivity contribution in [1.82, 2.24) is 19.5 Å². The minimum Gasteiger partial charge on any atom is -0.478 e. The quantitative estimate of drug-likeness (QED) is 0.184. The van der Waals surface area contributed by atoms with Crippen molar-refractivity contribution in [2.45, 2.75) is 45.9 Å². The molecule has 6 rings (SSSR count). The Labute approximate surface area is 267 Å². The molecule has 1 N–H and O–H groups in total. The lowest BCUT2D eigenvalue weighted by Gasteiger charge is -2.27. The minimum atomic E-state index is -1.07. The summed E-state index contributed by atoms with van der Waals surface area (Å²) in [6.07, 6.45) is 2.36. The summed E-state index contributed by atoms with van der Waals surface area (Å²) in [5.41, 5.74) is 0.752. The first kappa shape index (κ1) is 30.8. The molecule has 1 saturated heterocycles. The lowest BCUT2D eigenvalue weighted by atomic mass is 9.97. The van der Waals surface area contributed by atoms with Gasteiger partial charge in [-0.3, -0.25) is 0 Å².